The molecule has 2 N–H and O–H groups in total. The Hall–Kier alpha value is -2.85. The number of nitro benzene ring substituents is 1. The van der Waals surface area contributed by atoms with Crippen molar-refractivity contribution in [3.63, 3.8) is 0 Å². The average molecular weight is 428 g/mol. The van der Waals surface area contributed by atoms with E-state index in [9.17, 15) is 32.9 Å². The summed E-state index contributed by atoms with van der Waals surface area (Å²) >= 11 is 0. The molecule has 164 valence electrons. The molecule has 1 aromatic carbocycles. The summed E-state index contributed by atoms with van der Waals surface area (Å²) in [6.07, 6.45) is -1.73. The van der Waals surface area contributed by atoms with E-state index < -0.39 is 34.3 Å². The molecule has 2 aliphatic heterocycles. The van der Waals surface area contributed by atoms with E-state index in [0.29, 0.717) is 31.9 Å². The number of carbonyl (C=O) groups excluding carboxylic acids is 2. The van der Waals surface area contributed by atoms with Gasteiger partial charge in [0, 0.05) is 31.6 Å². The number of alkyl halides is 3. The predicted molar refractivity (Wildman–Crippen MR) is 102 cm³/mol. The lowest BCUT2D eigenvalue weighted by atomic mass is 9.92. The van der Waals surface area contributed by atoms with Crippen molar-refractivity contribution in [2.45, 2.75) is 44.3 Å². The minimum atomic E-state index is -4.67. The Morgan fingerprint density at radius 3 is 2.33 bits per heavy atom. The van der Waals surface area contributed by atoms with Crippen molar-refractivity contribution >= 4 is 23.2 Å². The molecule has 1 atom stereocenters. The SMILES string of the molecule is NC(=O)C1CCCCN1C(=O)C1CCN(c2ccc(C(F)(F)F)cc2[N+](=O)[O-])CC1. The molecule has 0 aromatic heterocycles. The number of hydrogen-bond donors (Lipinski definition) is 1. The Morgan fingerprint density at radius 1 is 1.10 bits per heavy atom. The van der Waals surface area contributed by atoms with E-state index in [2.05, 4.69) is 0 Å². The number of carbonyl (C=O) groups is 2. The number of anilines is 1. The molecule has 3 rings (SSSR count). The summed E-state index contributed by atoms with van der Waals surface area (Å²) in [4.78, 5) is 38.2. The molecule has 11 heteroatoms. The third-order valence-electron chi connectivity index (χ3n) is 5.80. The van der Waals surface area contributed by atoms with Gasteiger partial charge in [-0.3, -0.25) is 19.7 Å². The van der Waals surface area contributed by atoms with Crippen LogP contribution in [0.1, 0.15) is 37.7 Å². The van der Waals surface area contributed by atoms with Crippen LogP contribution in [0.4, 0.5) is 24.5 Å². The smallest absolute Gasteiger partial charge is 0.368 e. The second kappa shape index (κ2) is 8.49. The van der Waals surface area contributed by atoms with Gasteiger partial charge in [-0.1, -0.05) is 0 Å². The van der Waals surface area contributed by atoms with Gasteiger partial charge in [-0.05, 0) is 44.2 Å². The number of halogens is 3. The summed E-state index contributed by atoms with van der Waals surface area (Å²) in [5.41, 5.74) is 3.84. The zero-order chi connectivity index (χ0) is 22.1. The number of hydrogen-bond acceptors (Lipinski definition) is 5. The number of nitro groups is 1. The van der Waals surface area contributed by atoms with Crippen LogP contribution in [0.3, 0.4) is 0 Å². The largest absolute Gasteiger partial charge is 0.416 e. The highest BCUT2D eigenvalue weighted by Gasteiger charge is 2.37. The van der Waals surface area contributed by atoms with Crippen LogP contribution in [0.5, 0.6) is 0 Å². The summed E-state index contributed by atoms with van der Waals surface area (Å²) in [7, 11) is 0. The lowest BCUT2D eigenvalue weighted by Gasteiger charge is -2.39. The lowest BCUT2D eigenvalue weighted by Crippen LogP contribution is -2.53. The second-order valence-electron chi connectivity index (χ2n) is 7.67. The maximum absolute atomic E-state index is 12.9. The van der Waals surface area contributed by atoms with Crippen molar-refractivity contribution in [2.24, 2.45) is 11.7 Å². The van der Waals surface area contributed by atoms with Crippen LogP contribution in [0.15, 0.2) is 18.2 Å². The van der Waals surface area contributed by atoms with E-state index in [1.54, 1.807) is 4.90 Å². The van der Waals surface area contributed by atoms with E-state index in [4.69, 9.17) is 5.73 Å². The average Bonchev–Trinajstić information content (AvgIpc) is 2.72. The van der Waals surface area contributed by atoms with Crippen molar-refractivity contribution in [1.29, 1.82) is 0 Å². The standard InChI is InChI=1S/C19H23F3N4O4/c20-19(21,22)13-4-5-14(16(11-13)26(29)30)24-9-6-12(7-10-24)18(28)25-8-2-1-3-15(25)17(23)27/h4-5,11-12,15H,1-3,6-10H2,(H2,23,27). The number of nitrogens with two attached hydrogens (primary N) is 1. The van der Waals surface area contributed by atoms with Gasteiger partial charge in [-0.2, -0.15) is 13.2 Å². The summed E-state index contributed by atoms with van der Waals surface area (Å²) in [5, 5.41) is 11.3. The van der Waals surface area contributed by atoms with Crippen LogP contribution >= 0.6 is 0 Å². The monoisotopic (exact) mass is 428 g/mol. The van der Waals surface area contributed by atoms with Crippen molar-refractivity contribution in [1.82, 2.24) is 4.90 Å². The number of likely N-dealkylation sites (tertiary alicyclic amines) is 1. The molecule has 2 fully saturated rings. The minimum Gasteiger partial charge on any atom is -0.368 e. The van der Waals surface area contributed by atoms with E-state index in [-0.39, 0.29) is 30.6 Å². The Balaban J connectivity index is 1.72. The molecular formula is C19H23F3N4O4. The topological polar surface area (TPSA) is 110 Å². The first-order valence-electron chi connectivity index (χ1n) is 9.80. The zero-order valence-electron chi connectivity index (χ0n) is 16.2. The number of amides is 2. The van der Waals surface area contributed by atoms with E-state index in [1.807, 2.05) is 0 Å². The van der Waals surface area contributed by atoms with Crippen molar-refractivity contribution in [3.05, 3.63) is 33.9 Å². The number of rotatable bonds is 4. The molecular weight excluding hydrogens is 405 g/mol. The summed E-state index contributed by atoms with van der Waals surface area (Å²) in [6, 6.07) is 1.86. The highest BCUT2D eigenvalue weighted by molar-refractivity contribution is 5.88. The molecule has 0 saturated carbocycles. The van der Waals surface area contributed by atoms with Gasteiger partial charge in [-0.15, -0.1) is 0 Å². The molecule has 2 aliphatic rings. The van der Waals surface area contributed by atoms with Crippen molar-refractivity contribution < 1.29 is 27.7 Å². The third-order valence-corrected chi connectivity index (χ3v) is 5.80. The van der Waals surface area contributed by atoms with Crippen LogP contribution in [0.25, 0.3) is 0 Å². The second-order valence-corrected chi connectivity index (χ2v) is 7.67. The fraction of sp³-hybridized carbons (Fsp3) is 0.579. The molecule has 2 heterocycles. The minimum absolute atomic E-state index is 0.104. The van der Waals surface area contributed by atoms with Gasteiger partial charge in [0.1, 0.15) is 11.7 Å². The maximum Gasteiger partial charge on any atom is 0.416 e. The van der Waals surface area contributed by atoms with E-state index in [1.165, 1.54) is 4.90 Å². The van der Waals surface area contributed by atoms with Gasteiger partial charge in [-0.25, -0.2) is 0 Å². The van der Waals surface area contributed by atoms with Crippen LogP contribution in [-0.2, 0) is 15.8 Å². The fourth-order valence-electron chi connectivity index (χ4n) is 4.21. The van der Waals surface area contributed by atoms with Gasteiger partial charge in [0.15, 0.2) is 0 Å². The van der Waals surface area contributed by atoms with E-state index >= 15 is 0 Å². The first kappa shape index (κ1) is 21.8. The highest BCUT2D eigenvalue weighted by Crippen LogP contribution is 2.38. The van der Waals surface area contributed by atoms with Crippen LogP contribution in [0, 0.1) is 16.0 Å². The molecule has 8 nitrogen and oxygen atoms in total. The third kappa shape index (κ3) is 4.49. The Morgan fingerprint density at radius 2 is 1.77 bits per heavy atom. The van der Waals surface area contributed by atoms with Crippen LogP contribution < -0.4 is 10.6 Å². The molecule has 2 amide bonds. The Bertz CT molecular complexity index is 838. The summed E-state index contributed by atoms with van der Waals surface area (Å²) in [5.74, 6) is -1.03. The first-order valence-corrected chi connectivity index (χ1v) is 9.80. The van der Waals surface area contributed by atoms with Gasteiger partial charge in [0.05, 0.1) is 10.5 Å². The summed E-state index contributed by atoms with van der Waals surface area (Å²) < 4.78 is 38.7. The van der Waals surface area contributed by atoms with Gasteiger partial charge >= 0.3 is 6.18 Å². The van der Waals surface area contributed by atoms with Crippen molar-refractivity contribution in [2.75, 3.05) is 24.5 Å². The molecule has 1 unspecified atom stereocenters. The molecule has 2 saturated heterocycles. The molecule has 0 spiro atoms. The van der Waals surface area contributed by atoms with E-state index in [0.717, 1.165) is 25.0 Å². The predicted octanol–water partition coefficient (Wildman–Crippen LogP) is 2.70. The maximum atomic E-state index is 12.9. The first-order chi connectivity index (χ1) is 14.1. The number of nitrogens with zero attached hydrogens (tertiary/aromatic N) is 3. The normalized spacial score (nSPS) is 20.8. The summed E-state index contributed by atoms with van der Waals surface area (Å²) in [6.45, 7) is 1.05. The van der Waals surface area contributed by atoms with Gasteiger partial charge in [0.2, 0.25) is 11.8 Å². The number of benzene rings is 1. The molecule has 0 radical (unpaired) electrons. The molecule has 1 aromatic rings. The lowest BCUT2D eigenvalue weighted by molar-refractivity contribution is -0.384. The Kier molecular flexibility index (Phi) is 6.18. The molecule has 0 aliphatic carbocycles. The van der Waals surface area contributed by atoms with Crippen LogP contribution in [0.2, 0.25) is 0 Å². The van der Waals surface area contributed by atoms with Crippen LogP contribution in [-0.4, -0.2) is 47.3 Å². The quantitative estimate of drug-likeness (QED) is 0.586. The zero-order valence-corrected chi connectivity index (χ0v) is 16.2. The number of piperidine rings is 2. The van der Waals surface area contributed by atoms with Gasteiger partial charge < -0.3 is 15.5 Å². The van der Waals surface area contributed by atoms with Gasteiger partial charge in [0.25, 0.3) is 5.69 Å². The Labute approximate surface area is 170 Å². The molecule has 0 bridgehead atoms. The fourth-order valence-corrected chi connectivity index (χ4v) is 4.21. The molecule has 30 heavy (non-hydrogen) atoms. The number of primary amides is 1. The van der Waals surface area contributed by atoms with Crippen molar-refractivity contribution in [3.8, 4) is 0 Å². The highest BCUT2D eigenvalue weighted by atomic mass is 19.4.